The Labute approximate surface area is 91.8 Å². The minimum absolute atomic E-state index is 0.0748. The van der Waals surface area contributed by atoms with Crippen LogP contribution in [0.3, 0.4) is 0 Å². The molecule has 1 aromatic carbocycles. The third kappa shape index (κ3) is 2.42. The highest BCUT2D eigenvalue weighted by Gasteiger charge is 2.23. The van der Waals surface area contributed by atoms with E-state index in [4.69, 9.17) is 10.5 Å². The van der Waals surface area contributed by atoms with Crippen LogP contribution in [-0.2, 0) is 0 Å². The first-order chi connectivity index (χ1) is 7.03. The van der Waals surface area contributed by atoms with Gasteiger partial charge in [0.15, 0.2) is 0 Å². The lowest BCUT2D eigenvalue weighted by Gasteiger charge is -2.37. The molecule has 3 heteroatoms. The van der Waals surface area contributed by atoms with Crippen LogP contribution < -0.4 is 15.4 Å². The molecule has 0 amide bonds. The van der Waals surface area contributed by atoms with Crippen molar-refractivity contribution < 1.29 is 4.74 Å². The number of nitrogens with two attached hydrogens (primary N) is 1. The molecule has 0 aliphatic carbocycles. The summed E-state index contributed by atoms with van der Waals surface area (Å²) in [6.45, 7) is 4.82. The number of rotatable bonds is 4. The van der Waals surface area contributed by atoms with Crippen LogP contribution in [0.15, 0.2) is 24.3 Å². The van der Waals surface area contributed by atoms with Gasteiger partial charge in [-0.25, -0.2) is 0 Å². The van der Waals surface area contributed by atoms with Gasteiger partial charge in [-0.3, -0.25) is 0 Å². The fraction of sp³-hybridized carbons (Fsp3) is 0.500. The maximum atomic E-state index is 5.75. The van der Waals surface area contributed by atoms with Gasteiger partial charge in [0, 0.05) is 19.1 Å². The van der Waals surface area contributed by atoms with E-state index in [0.717, 1.165) is 11.4 Å². The van der Waals surface area contributed by atoms with Gasteiger partial charge in [-0.2, -0.15) is 0 Å². The number of ether oxygens (including phenoxy) is 1. The van der Waals surface area contributed by atoms with Gasteiger partial charge in [0.1, 0.15) is 5.75 Å². The number of likely N-dealkylation sites (N-methyl/N-ethyl adjacent to an activating group) is 1. The van der Waals surface area contributed by atoms with Gasteiger partial charge < -0.3 is 15.4 Å². The van der Waals surface area contributed by atoms with E-state index in [2.05, 4.69) is 18.7 Å². The summed E-state index contributed by atoms with van der Waals surface area (Å²) in [5, 5.41) is 0. The highest BCUT2D eigenvalue weighted by Crippen LogP contribution is 2.30. The molecule has 0 aromatic heterocycles. The average molecular weight is 208 g/mol. The zero-order valence-corrected chi connectivity index (χ0v) is 9.95. The second kappa shape index (κ2) is 4.53. The van der Waals surface area contributed by atoms with E-state index in [-0.39, 0.29) is 5.54 Å². The van der Waals surface area contributed by atoms with Crippen LogP contribution >= 0.6 is 0 Å². The number of hydrogen-bond acceptors (Lipinski definition) is 3. The summed E-state index contributed by atoms with van der Waals surface area (Å²) in [7, 11) is 3.72. The lowest BCUT2D eigenvalue weighted by Crippen LogP contribution is -2.47. The van der Waals surface area contributed by atoms with Gasteiger partial charge >= 0.3 is 0 Å². The molecule has 0 aliphatic heterocycles. The molecule has 0 fully saturated rings. The van der Waals surface area contributed by atoms with Crippen molar-refractivity contribution in [1.82, 2.24) is 0 Å². The van der Waals surface area contributed by atoms with Crippen LogP contribution in [0.25, 0.3) is 0 Å². The number of anilines is 1. The van der Waals surface area contributed by atoms with Gasteiger partial charge in [-0.1, -0.05) is 12.1 Å². The van der Waals surface area contributed by atoms with E-state index in [9.17, 15) is 0 Å². The first-order valence-corrected chi connectivity index (χ1v) is 5.10. The minimum atomic E-state index is -0.0748. The Morgan fingerprint density at radius 1 is 1.33 bits per heavy atom. The molecule has 0 unspecified atom stereocenters. The zero-order valence-electron chi connectivity index (χ0n) is 9.95. The lowest BCUT2D eigenvalue weighted by atomic mass is 10.0. The molecule has 3 nitrogen and oxygen atoms in total. The second-order valence-corrected chi connectivity index (χ2v) is 4.25. The molecule has 84 valence electrons. The predicted molar refractivity (Wildman–Crippen MR) is 64.5 cm³/mol. The highest BCUT2D eigenvalue weighted by molar-refractivity contribution is 5.59. The molecule has 1 rings (SSSR count). The monoisotopic (exact) mass is 208 g/mol. The van der Waals surface area contributed by atoms with E-state index in [1.807, 2.05) is 31.3 Å². The molecule has 0 aliphatic rings. The van der Waals surface area contributed by atoms with Crippen molar-refractivity contribution in [1.29, 1.82) is 0 Å². The van der Waals surface area contributed by atoms with Crippen molar-refractivity contribution in [2.75, 3.05) is 25.6 Å². The normalized spacial score (nSPS) is 11.3. The predicted octanol–water partition coefficient (Wildman–Crippen LogP) is 1.87. The van der Waals surface area contributed by atoms with Crippen LogP contribution in [0.1, 0.15) is 13.8 Å². The molecule has 0 radical (unpaired) electrons. The third-order valence-corrected chi connectivity index (χ3v) is 2.85. The average Bonchev–Trinajstić information content (AvgIpc) is 2.28. The topological polar surface area (TPSA) is 38.5 Å². The van der Waals surface area contributed by atoms with Gasteiger partial charge in [-0.15, -0.1) is 0 Å². The van der Waals surface area contributed by atoms with Crippen molar-refractivity contribution in [3.8, 4) is 5.75 Å². The summed E-state index contributed by atoms with van der Waals surface area (Å²) in [5.74, 6) is 0.876. The molecule has 1 aromatic rings. The molecule has 0 saturated carbocycles. The Morgan fingerprint density at radius 3 is 2.47 bits per heavy atom. The molecular formula is C12H20N2O. The molecule has 0 heterocycles. The van der Waals surface area contributed by atoms with Gasteiger partial charge in [0.2, 0.25) is 0 Å². The fourth-order valence-electron chi connectivity index (χ4n) is 1.37. The van der Waals surface area contributed by atoms with E-state index < -0.39 is 0 Å². The minimum Gasteiger partial charge on any atom is -0.495 e. The SMILES string of the molecule is COc1ccccc1N(C)C(C)(C)CN. The van der Waals surface area contributed by atoms with E-state index in [1.54, 1.807) is 7.11 Å². The Bertz CT molecular complexity index is 323. The summed E-state index contributed by atoms with van der Waals surface area (Å²) in [6.07, 6.45) is 0. The first-order valence-electron chi connectivity index (χ1n) is 5.10. The summed E-state index contributed by atoms with van der Waals surface area (Å²) in [6, 6.07) is 7.96. The van der Waals surface area contributed by atoms with Crippen LogP contribution in [0.2, 0.25) is 0 Å². The molecule has 15 heavy (non-hydrogen) atoms. The second-order valence-electron chi connectivity index (χ2n) is 4.25. The molecule has 0 bridgehead atoms. The summed E-state index contributed by atoms with van der Waals surface area (Å²) < 4.78 is 5.32. The highest BCUT2D eigenvalue weighted by atomic mass is 16.5. The smallest absolute Gasteiger partial charge is 0.142 e. The molecular weight excluding hydrogens is 188 g/mol. The van der Waals surface area contributed by atoms with E-state index in [0.29, 0.717) is 6.54 Å². The van der Waals surface area contributed by atoms with Crippen molar-refractivity contribution in [2.45, 2.75) is 19.4 Å². The zero-order chi connectivity index (χ0) is 11.5. The van der Waals surface area contributed by atoms with Crippen molar-refractivity contribution in [3.63, 3.8) is 0 Å². The van der Waals surface area contributed by atoms with Crippen LogP contribution in [-0.4, -0.2) is 26.2 Å². The molecule has 0 atom stereocenters. The molecule has 0 saturated heterocycles. The number of benzene rings is 1. The van der Waals surface area contributed by atoms with Crippen molar-refractivity contribution in [3.05, 3.63) is 24.3 Å². The Balaban J connectivity index is 3.05. The van der Waals surface area contributed by atoms with Crippen LogP contribution in [0, 0.1) is 0 Å². The molecule has 0 spiro atoms. The standard InChI is InChI=1S/C12H20N2O/c1-12(2,9-13)14(3)10-7-5-6-8-11(10)15-4/h5-8H,9,13H2,1-4H3. The van der Waals surface area contributed by atoms with Crippen molar-refractivity contribution in [2.24, 2.45) is 5.73 Å². The number of nitrogens with zero attached hydrogens (tertiary/aromatic N) is 1. The summed E-state index contributed by atoms with van der Waals surface area (Å²) >= 11 is 0. The molecule has 2 N–H and O–H groups in total. The first kappa shape index (κ1) is 11.9. The number of hydrogen-bond donors (Lipinski definition) is 1. The van der Waals surface area contributed by atoms with Crippen LogP contribution in [0.4, 0.5) is 5.69 Å². The quantitative estimate of drug-likeness (QED) is 0.821. The number of para-hydroxylation sites is 2. The van der Waals surface area contributed by atoms with Gasteiger partial charge in [0.05, 0.1) is 12.8 Å². The third-order valence-electron chi connectivity index (χ3n) is 2.85. The van der Waals surface area contributed by atoms with Crippen molar-refractivity contribution >= 4 is 5.69 Å². The van der Waals surface area contributed by atoms with Crippen LogP contribution in [0.5, 0.6) is 5.75 Å². The van der Waals surface area contributed by atoms with E-state index in [1.165, 1.54) is 0 Å². The van der Waals surface area contributed by atoms with Gasteiger partial charge in [-0.05, 0) is 26.0 Å². The Morgan fingerprint density at radius 2 is 1.93 bits per heavy atom. The fourth-order valence-corrected chi connectivity index (χ4v) is 1.37. The maximum Gasteiger partial charge on any atom is 0.142 e. The Hall–Kier alpha value is -1.22. The largest absolute Gasteiger partial charge is 0.495 e. The lowest BCUT2D eigenvalue weighted by molar-refractivity contribution is 0.408. The van der Waals surface area contributed by atoms with Gasteiger partial charge in [0.25, 0.3) is 0 Å². The summed E-state index contributed by atoms with van der Waals surface area (Å²) in [4.78, 5) is 2.14. The number of methoxy groups -OCH3 is 1. The summed E-state index contributed by atoms with van der Waals surface area (Å²) in [5.41, 5.74) is 6.74. The van der Waals surface area contributed by atoms with E-state index >= 15 is 0 Å². The maximum absolute atomic E-state index is 5.75. The Kier molecular flexibility index (Phi) is 3.58.